The van der Waals surface area contributed by atoms with Crippen molar-refractivity contribution in [1.82, 2.24) is 4.98 Å². The maximum Gasteiger partial charge on any atom is 0.338 e. The number of aromatic nitrogens is 1. The number of ether oxygens (including phenoxy) is 2. The Morgan fingerprint density at radius 1 is 1.02 bits per heavy atom. The second-order valence-electron chi connectivity index (χ2n) is 11.9. The van der Waals surface area contributed by atoms with Gasteiger partial charge >= 0.3 is 11.9 Å². The van der Waals surface area contributed by atoms with Gasteiger partial charge in [0.15, 0.2) is 0 Å². The first-order chi connectivity index (χ1) is 21.7. The molecule has 0 saturated heterocycles. The molecule has 5 rings (SSSR count). The third kappa shape index (κ3) is 8.34. The summed E-state index contributed by atoms with van der Waals surface area (Å²) in [5, 5.41) is 1.81. The SMILES string of the molecule is COC(=O)c1ccccc1CC[C@@H](SCC1(C(N)C(=O)OC(C)C)CC1)c1cccc(C=Cc2ccc3ccc(Cl)cc3n2)c1. The van der Waals surface area contributed by atoms with Crippen LogP contribution in [0.5, 0.6) is 0 Å². The lowest BCUT2D eigenvalue weighted by atomic mass is 9.98. The topological polar surface area (TPSA) is 91.5 Å². The number of nitrogens with zero attached hydrogens (tertiary/aromatic N) is 1. The van der Waals surface area contributed by atoms with Gasteiger partial charge in [-0.2, -0.15) is 11.8 Å². The summed E-state index contributed by atoms with van der Waals surface area (Å²) in [7, 11) is 1.40. The van der Waals surface area contributed by atoms with Crippen LogP contribution in [0.3, 0.4) is 0 Å². The number of benzene rings is 3. The molecule has 0 amide bonds. The lowest BCUT2D eigenvalue weighted by molar-refractivity contribution is -0.150. The Morgan fingerprint density at radius 2 is 1.80 bits per heavy atom. The number of aryl methyl sites for hydroxylation is 1. The summed E-state index contributed by atoms with van der Waals surface area (Å²) in [4.78, 5) is 29.9. The van der Waals surface area contributed by atoms with E-state index in [9.17, 15) is 9.59 Å². The first-order valence-corrected chi connectivity index (χ1v) is 16.7. The van der Waals surface area contributed by atoms with Gasteiger partial charge in [-0.15, -0.1) is 0 Å². The van der Waals surface area contributed by atoms with Gasteiger partial charge in [0.25, 0.3) is 0 Å². The number of esters is 2. The molecule has 3 aromatic carbocycles. The Morgan fingerprint density at radius 3 is 2.56 bits per heavy atom. The molecule has 8 heteroatoms. The molecule has 0 bridgehead atoms. The molecule has 1 heterocycles. The number of fused-ring (bicyclic) bond motifs is 1. The minimum absolute atomic E-state index is 0.107. The van der Waals surface area contributed by atoms with E-state index in [1.54, 1.807) is 0 Å². The molecule has 45 heavy (non-hydrogen) atoms. The number of hydrogen-bond donors (Lipinski definition) is 1. The summed E-state index contributed by atoms with van der Waals surface area (Å²) in [5.41, 5.74) is 11.7. The van der Waals surface area contributed by atoms with Gasteiger partial charge in [0.1, 0.15) is 6.04 Å². The van der Waals surface area contributed by atoms with Crippen LogP contribution in [0.1, 0.15) is 71.1 Å². The fourth-order valence-corrected chi connectivity index (χ4v) is 7.24. The largest absolute Gasteiger partial charge is 0.465 e. The van der Waals surface area contributed by atoms with Gasteiger partial charge in [-0.25, -0.2) is 9.78 Å². The van der Waals surface area contributed by atoms with Gasteiger partial charge in [-0.1, -0.05) is 72.3 Å². The standard InChI is InChI=1S/C37H39ClN2O4S/c1-24(2)44-36(42)34(39)37(19-20-37)23-45-33(18-14-26-8-4-5-10-31(26)35(41)43-3)28-9-6-7-25(21-28)11-16-30-17-13-27-12-15-29(38)22-32(27)40-30/h4-13,15-17,21-22,24,33-34H,14,18-20,23,39H2,1-3H3/t33-,34?/m1/s1. The fraction of sp³-hybridized carbons (Fsp3) is 0.324. The molecular weight excluding hydrogens is 604 g/mol. The maximum absolute atomic E-state index is 12.7. The van der Waals surface area contributed by atoms with Gasteiger partial charge in [0, 0.05) is 26.8 Å². The molecule has 0 aliphatic heterocycles. The minimum atomic E-state index is -0.647. The lowest BCUT2D eigenvalue weighted by Gasteiger charge is -2.26. The van der Waals surface area contributed by atoms with Crippen molar-refractivity contribution in [2.75, 3.05) is 12.9 Å². The number of thioether (sulfide) groups is 1. The van der Waals surface area contributed by atoms with Crippen LogP contribution in [-0.4, -0.2) is 41.9 Å². The van der Waals surface area contributed by atoms with Gasteiger partial charge in [0.05, 0.1) is 30.0 Å². The van der Waals surface area contributed by atoms with Crippen molar-refractivity contribution in [2.24, 2.45) is 11.1 Å². The monoisotopic (exact) mass is 642 g/mol. The average molecular weight is 643 g/mol. The molecule has 2 N–H and O–H groups in total. The molecule has 0 radical (unpaired) electrons. The Bertz CT molecular complexity index is 1700. The highest BCUT2D eigenvalue weighted by molar-refractivity contribution is 7.99. The van der Waals surface area contributed by atoms with Crippen LogP contribution in [0.2, 0.25) is 5.02 Å². The van der Waals surface area contributed by atoms with E-state index < -0.39 is 6.04 Å². The van der Waals surface area contributed by atoms with E-state index in [-0.39, 0.29) is 28.7 Å². The van der Waals surface area contributed by atoms with Crippen molar-refractivity contribution in [3.8, 4) is 0 Å². The molecule has 1 saturated carbocycles. The van der Waals surface area contributed by atoms with Gasteiger partial charge in [-0.05, 0) is 86.6 Å². The van der Waals surface area contributed by atoms with Crippen LogP contribution in [0.25, 0.3) is 23.1 Å². The van der Waals surface area contributed by atoms with Crippen LogP contribution in [0.15, 0.2) is 78.9 Å². The molecule has 1 aliphatic rings. The Balaban J connectivity index is 1.37. The second-order valence-corrected chi connectivity index (χ2v) is 13.5. The van der Waals surface area contributed by atoms with E-state index in [2.05, 4.69) is 30.3 Å². The molecule has 4 aromatic rings. The summed E-state index contributed by atoms with van der Waals surface area (Å²) < 4.78 is 10.5. The normalized spacial score (nSPS) is 15.2. The van der Waals surface area contributed by atoms with Crippen LogP contribution in [0, 0.1) is 5.41 Å². The molecule has 6 nitrogen and oxygen atoms in total. The van der Waals surface area contributed by atoms with Crippen molar-refractivity contribution >= 4 is 58.4 Å². The van der Waals surface area contributed by atoms with E-state index in [0.29, 0.717) is 17.0 Å². The Labute approximate surface area is 274 Å². The van der Waals surface area contributed by atoms with Crippen LogP contribution < -0.4 is 5.73 Å². The Hall–Kier alpha value is -3.65. The summed E-state index contributed by atoms with van der Waals surface area (Å²) in [6.07, 6.45) is 7.16. The Kier molecular flexibility index (Phi) is 10.6. The molecule has 1 aliphatic carbocycles. The number of carbonyl (C=O) groups excluding carboxylic acids is 2. The van der Waals surface area contributed by atoms with E-state index in [1.165, 1.54) is 12.7 Å². The minimum Gasteiger partial charge on any atom is -0.465 e. The first-order valence-electron chi connectivity index (χ1n) is 15.3. The number of halogens is 1. The summed E-state index contributed by atoms with van der Waals surface area (Å²) in [5.74, 6) is 0.0790. The summed E-state index contributed by atoms with van der Waals surface area (Å²) in [6, 6.07) is 25.2. The van der Waals surface area contributed by atoms with Gasteiger partial charge in [0.2, 0.25) is 0 Å². The number of nitrogens with two attached hydrogens (primary N) is 1. The highest BCUT2D eigenvalue weighted by Crippen LogP contribution is 2.53. The third-order valence-corrected chi connectivity index (χ3v) is 10.1. The smallest absolute Gasteiger partial charge is 0.338 e. The molecule has 1 fully saturated rings. The first kappa shape index (κ1) is 32.7. The van der Waals surface area contributed by atoms with E-state index in [4.69, 9.17) is 31.8 Å². The highest BCUT2D eigenvalue weighted by atomic mass is 35.5. The molecule has 1 aromatic heterocycles. The van der Waals surface area contributed by atoms with E-state index in [1.807, 2.05) is 86.3 Å². The molecular formula is C37H39ClN2O4S. The van der Waals surface area contributed by atoms with E-state index >= 15 is 0 Å². The van der Waals surface area contributed by atoms with E-state index in [0.717, 1.165) is 52.7 Å². The van der Waals surface area contributed by atoms with Crippen molar-refractivity contribution in [3.63, 3.8) is 0 Å². The quantitative estimate of drug-likeness (QED) is 0.147. The number of hydrogen-bond acceptors (Lipinski definition) is 7. The number of methoxy groups -OCH3 is 1. The zero-order valence-corrected chi connectivity index (χ0v) is 27.4. The number of rotatable bonds is 13. The van der Waals surface area contributed by atoms with Crippen LogP contribution >= 0.6 is 23.4 Å². The zero-order chi connectivity index (χ0) is 32.0. The van der Waals surface area contributed by atoms with Crippen molar-refractivity contribution in [3.05, 3.63) is 112 Å². The predicted molar refractivity (Wildman–Crippen MR) is 184 cm³/mol. The summed E-state index contributed by atoms with van der Waals surface area (Å²) >= 11 is 8.01. The third-order valence-electron chi connectivity index (χ3n) is 8.23. The van der Waals surface area contributed by atoms with Gasteiger partial charge < -0.3 is 15.2 Å². The van der Waals surface area contributed by atoms with Gasteiger partial charge in [-0.3, -0.25) is 4.79 Å². The van der Waals surface area contributed by atoms with Crippen molar-refractivity contribution in [2.45, 2.75) is 56.9 Å². The molecule has 234 valence electrons. The fourth-order valence-electron chi connectivity index (χ4n) is 5.45. The summed E-state index contributed by atoms with van der Waals surface area (Å²) in [6.45, 7) is 3.68. The average Bonchev–Trinajstić information content (AvgIpc) is 3.83. The second kappa shape index (κ2) is 14.6. The van der Waals surface area contributed by atoms with Crippen molar-refractivity contribution in [1.29, 1.82) is 0 Å². The number of carbonyl (C=O) groups is 2. The highest BCUT2D eigenvalue weighted by Gasteiger charge is 2.51. The molecule has 0 spiro atoms. The molecule has 1 unspecified atom stereocenters. The molecule has 2 atom stereocenters. The lowest BCUT2D eigenvalue weighted by Crippen LogP contribution is -2.43. The number of pyridine rings is 1. The van der Waals surface area contributed by atoms with Crippen LogP contribution in [-0.2, 0) is 20.7 Å². The maximum atomic E-state index is 12.7. The zero-order valence-electron chi connectivity index (χ0n) is 25.9. The predicted octanol–water partition coefficient (Wildman–Crippen LogP) is 8.31. The van der Waals surface area contributed by atoms with Crippen LogP contribution in [0.4, 0.5) is 0 Å². The van der Waals surface area contributed by atoms with Crippen molar-refractivity contribution < 1.29 is 19.1 Å².